The molecule has 0 aliphatic heterocycles. The number of rotatable bonds is 8. The third-order valence-electron chi connectivity index (χ3n) is 5.40. The lowest BCUT2D eigenvalue weighted by Gasteiger charge is -2.13. The number of hydrogen-bond donors (Lipinski definition) is 1. The average Bonchev–Trinajstić information content (AvgIpc) is 3.28. The molecule has 0 unspecified atom stereocenters. The molecule has 0 saturated carbocycles. The summed E-state index contributed by atoms with van der Waals surface area (Å²) < 4.78 is 30.6. The molecule has 0 spiro atoms. The number of ketones is 1. The van der Waals surface area contributed by atoms with Crippen LogP contribution in [0.15, 0.2) is 77.7 Å². The fourth-order valence-electron chi connectivity index (χ4n) is 3.62. The Morgan fingerprint density at radius 3 is 2.26 bits per heavy atom. The van der Waals surface area contributed by atoms with Gasteiger partial charge in [-0.3, -0.25) is 9.36 Å². The molecule has 0 saturated heterocycles. The molecule has 35 heavy (non-hydrogen) atoms. The van der Waals surface area contributed by atoms with Gasteiger partial charge in [-0.15, -0.1) is 0 Å². The fraction of sp³-hybridized carbons (Fsp3) is 0.111. The minimum atomic E-state index is -0.375. The quantitative estimate of drug-likeness (QED) is 0.290. The van der Waals surface area contributed by atoms with Crippen LogP contribution in [0.2, 0.25) is 0 Å². The van der Waals surface area contributed by atoms with Crippen LogP contribution >= 0.6 is 0 Å². The van der Waals surface area contributed by atoms with E-state index in [1.807, 2.05) is 0 Å². The summed E-state index contributed by atoms with van der Waals surface area (Å²) in [6, 6.07) is 16.0. The maximum Gasteiger partial charge on any atom is 0.330 e. The molecule has 4 aromatic rings. The van der Waals surface area contributed by atoms with E-state index >= 15 is 0 Å². The largest absolute Gasteiger partial charge is 0.493 e. The summed E-state index contributed by atoms with van der Waals surface area (Å²) >= 11 is 0. The van der Waals surface area contributed by atoms with Crippen molar-refractivity contribution in [3.05, 3.63) is 100 Å². The number of carbonyl (C=O) groups excluding carboxylic acids is 1. The maximum absolute atomic E-state index is 13.1. The predicted molar refractivity (Wildman–Crippen MR) is 131 cm³/mol. The highest BCUT2D eigenvalue weighted by molar-refractivity contribution is 6.07. The van der Waals surface area contributed by atoms with Gasteiger partial charge in [0.15, 0.2) is 17.3 Å². The van der Waals surface area contributed by atoms with Crippen LogP contribution in [0.3, 0.4) is 0 Å². The van der Waals surface area contributed by atoms with Gasteiger partial charge in [-0.25, -0.2) is 9.18 Å². The number of halogens is 1. The Bertz CT molecular complexity index is 1430. The van der Waals surface area contributed by atoms with E-state index in [1.54, 1.807) is 60.8 Å². The normalized spacial score (nSPS) is 11.0. The topological polar surface area (TPSA) is 82.6 Å². The molecule has 7 nitrogen and oxygen atoms in total. The Morgan fingerprint density at radius 2 is 1.63 bits per heavy atom. The number of imidazole rings is 1. The molecule has 1 aromatic heterocycles. The van der Waals surface area contributed by atoms with E-state index in [4.69, 9.17) is 14.2 Å². The third kappa shape index (κ3) is 5.01. The van der Waals surface area contributed by atoms with Crippen molar-refractivity contribution in [3.63, 3.8) is 0 Å². The number of nitrogens with zero attached hydrogens (tertiary/aromatic N) is 1. The minimum Gasteiger partial charge on any atom is -0.493 e. The molecule has 4 rings (SSSR count). The SMILES string of the molecule is COc1cc(-c2cn(-c3cccc(C(=O)C=Cc4ccc(F)cc4)c3)c(=O)[nH]2)cc(OC)c1OC. The van der Waals surface area contributed by atoms with Gasteiger partial charge in [0.25, 0.3) is 0 Å². The molecule has 8 heteroatoms. The second-order valence-electron chi connectivity index (χ2n) is 7.56. The van der Waals surface area contributed by atoms with Gasteiger partial charge in [0.05, 0.1) is 32.7 Å². The minimum absolute atomic E-state index is 0.246. The molecule has 0 fully saturated rings. The van der Waals surface area contributed by atoms with E-state index in [1.165, 1.54) is 44.1 Å². The van der Waals surface area contributed by atoms with Gasteiger partial charge >= 0.3 is 5.69 Å². The molecule has 0 aliphatic rings. The fourth-order valence-corrected chi connectivity index (χ4v) is 3.62. The van der Waals surface area contributed by atoms with E-state index in [-0.39, 0.29) is 17.3 Å². The second-order valence-corrected chi connectivity index (χ2v) is 7.56. The van der Waals surface area contributed by atoms with E-state index in [2.05, 4.69) is 4.98 Å². The van der Waals surface area contributed by atoms with Crippen LogP contribution in [0.25, 0.3) is 23.0 Å². The van der Waals surface area contributed by atoms with Crippen LogP contribution in [0.5, 0.6) is 17.2 Å². The Balaban J connectivity index is 1.65. The van der Waals surface area contributed by atoms with Gasteiger partial charge < -0.3 is 19.2 Å². The van der Waals surface area contributed by atoms with Crippen LogP contribution in [0.1, 0.15) is 15.9 Å². The van der Waals surface area contributed by atoms with Crippen LogP contribution in [0.4, 0.5) is 4.39 Å². The zero-order chi connectivity index (χ0) is 24.9. The van der Waals surface area contributed by atoms with Crippen LogP contribution < -0.4 is 19.9 Å². The second kappa shape index (κ2) is 10.1. The van der Waals surface area contributed by atoms with Gasteiger partial charge in [-0.2, -0.15) is 0 Å². The lowest BCUT2D eigenvalue weighted by molar-refractivity contribution is 0.104. The predicted octanol–water partition coefficient (Wildman–Crippen LogP) is 4.89. The van der Waals surface area contributed by atoms with Gasteiger partial charge in [-0.05, 0) is 48.0 Å². The van der Waals surface area contributed by atoms with Crippen LogP contribution in [0, 0.1) is 5.82 Å². The van der Waals surface area contributed by atoms with Crippen molar-refractivity contribution in [3.8, 4) is 34.2 Å². The highest BCUT2D eigenvalue weighted by atomic mass is 19.1. The molecule has 0 amide bonds. The summed E-state index contributed by atoms with van der Waals surface area (Å²) in [6.45, 7) is 0. The van der Waals surface area contributed by atoms with Gasteiger partial charge in [0.2, 0.25) is 5.75 Å². The first-order valence-electron chi connectivity index (χ1n) is 10.6. The van der Waals surface area contributed by atoms with E-state index in [0.717, 1.165) is 0 Å². The van der Waals surface area contributed by atoms with Crippen molar-refractivity contribution in [2.24, 2.45) is 0 Å². The number of aromatic amines is 1. The monoisotopic (exact) mass is 474 g/mol. The number of hydrogen-bond acceptors (Lipinski definition) is 5. The number of allylic oxidation sites excluding steroid dienone is 1. The Hall–Kier alpha value is -4.59. The highest BCUT2D eigenvalue weighted by Crippen LogP contribution is 2.40. The standard InChI is InChI=1S/C27H23FN2O5/c1-33-24-14-19(15-25(34-2)26(24)35-3)22-16-30(27(32)29-22)21-6-4-5-18(13-21)23(31)12-9-17-7-10-20(28)11-8-17/h4-16H,1-3H3,(H,29,32). The van der Waals surface area contributed by atoms with E-state index in [9.17, 15) is 14.0 Å². The Morgan fingerprint density at radius 1 is 0.943 bits per heavy atom. The Labute approximate surface area is 201 Å². The van der Waals surface area contributed by atoms with Crippen molar-refractivity contribution >= 4 is 11.9 Å². The van der Waals surface area contributed by atoms with Crippen molar-refractivity contribution in [1.82, 2.24) is 9.55 Å². The molecule has 178 valence electrons. The summed E-state index contributed by atoms with van der Waals surface area (Å²) in [7, 11) is 4.55. The highest BCUT2D eigenvalue weighted by Gasteiger charge is 2.16. The first-order chi connectivity index (χ1) is 16.9. The van der Waals surface area contributed by atoms with E-state index in [0.29, 0.717) is 45.3 Å². The smallest absolute Gasteiger partial charge is 0.330 e. The lowest BCUT2D eigenvalue weighted by atomic mass is 10.1. The third-order valence-corrected chi connectivity index (χ3v) is 5.40. The molecular formula is C27H23FN2O5. The molecular weight excluding hydrogens is 451 g/mol. The van der Waals surface area contributed by atoms with Crippen molar-refractivity contribution in [1.29, 1.82) is 0 Å². The van der Waals surface area contributed by atoms with Crippen LogP contribution in [-0.2, 0) is 0 Å². The first kappa shape index (κ1) is 23.6. The number of nitrogens with one attached hydrogen (secondary N) is 1. The van der Waals surface area contributed by atoms with Gasteiger partial charge in [0.1, 0.15) is 5.82 Å². The van der Waals surface area contributed by atoms with Crippen molar-refractivity contribution in [2.75, 3.05) is 21.3 Å². The number of ether oxygens (including phenoxy) is 3. The molecule has 3 aromatic carbocycles. The van der Waals surface area contributed by atoms with Gasteiger partial charge in [-0.1, -0.05) is 30.3 Å². The molecule has 0 radical (unpaired) electrons. The number of carbonyl (C=O) groups is 1. The number of methoxy groups -OCH3 is 3. The summed E-state index contributed by atoms with van der Waals surface area (Å²) in [5, 5.41) is 0. The summed E-state index contributed by atoms with van der Waals surface area (Å²) in [5.74, 6) is 0.765. The molecule has 0 bridgehead atoms. The average molecular weight is 474 g/mol. The maximum atomic E-state index is 13.1. The van der Waals surface area contributed by atoms with Crippen molar-refractivity contribution in [2.45, 2.75) is 0 Å². The zero-order valence-electron chi connectivity index (χ0n) is 19.4. The number of aromatic nitrogens is 2. The summed E-state index contributed by atoms with van der Waals surface area (Å²) in [6.07, 6.45) is 4.66. The number of benzene rings is 3. The van der Waals surface area contributed by atoms with E-state index < -0.39 is 0 Å². The first-order valence-corrected chi connectivity index (χ1v) is 10.6. The van der Waals surface area contributed by atoms with Crippen LogP contribution in [-0.4, -0.2) is 36.7 Å². The summed E-state index contributed by atoms with van der Waals surface area (Å²) in [5.41, 5.74) is 2.44. The van der Waals surface area contributed by atoms with Gasteiger partial charge in [0, 0.05) is 17.3 Å². The lowest BCUT2D eigenvalue weighted by Crippen LogP contribution is -2.14. The van der Waals surface area contributed by atoms with Crippen molar-refractivity contribution < 1.29 is 23.4 Å². The Kier molecular flexibility index (Phi) is 6.82. The molecule has 0 aliphatic carbocycles. The number of H-pyrrole nitrogens is 1. The summed E-state index contributed by atoms with van der Waals surface area (Å²) in [4.78, 5) is 28.3. The molecule has 1 N–H and O–H groups in total. The molecule has 0 atom stereocenters. The molecule has 1 heterocycles. The zero-order valence-corrected chi connectivity index (χ0v) is 19.4.